The molecule has 0 bridgehead atoms. The third-order valence-electron chi connectivity index (χ3n) is 4.33. The lowest BCUT2D eigenvalue weighted by atomic mass is 10.2. The van der Waals surface area contributed by atoms with Crippen LogP contribution in [0.15, 0.2) is 53.5 Å². The normalized spacial score (nSPS) is 12.2. The molecule has 1 heterocycles. The molecule has 0 radical (unpaired) electrons. The van der Waals surface area contributed by atoms with E-state index in [-0.39, 0.29) is 25.1 Å². The van der Waals surface area contributed by atoms with Crippen molar-refractivity contribution in [2.24, 2.45) is 0 Å². The Bertz CT molecular complexity index is 1090. The van der Waals surface area contributed by atoms with E-state index < -0.39 is 30.8 Å². The van der Waals surface area contributed by atoms with Gasteiger partial charge in [-0.3, -0.25) is 14.0 Å². The summed E-state index contributed by atoms with van der Waals surface area (Å²) in [6.07, 6.45) is 4.03. The van der Waals surface area contributed by atoms with Crippen LogP contribution in [0.2, 0.25) is 0 Å². The van der Waals surface area contributed by atoms with Crippen LogP contribution in [0.5, 0.6) is 0 Å². The Labute approximate surface area is 192 Å². The summed E-state index contributed by atoms with van der Waals surface area (Å²) in [4.78, 5) is 30.5. The number of halogens is 1. The Balaban J connectivity index is 2.25. The largest absolute Gasteiger partial charge is 0.443 e. The van der Waals surface area contributed by atoms with Crippen LogP contribution in [0.1, 0.15) is 26.3 Å². The standard InChI is InChI=1S/C22H29FN3O6P/c1-22(2,3)32-21(28)26(16-17-9-8-10-18(23)15-17)19-11-13-25(20(27)24-19)12-6-7-14-33(29,30-4)31-5/h6-11,13,15H,12,14,16H2,1-5H3/b7-6+. The number of rotatable bonds is 9. The number of amides is 1. The van der Waals surface area contributed by atoms with Gasteiger partial charge >= 0.3 is 19.4 Å². The molecule has 1 amide bonds. The lowest BCUT2D eigenvalue weighted by Gasteiger charge is -2.27. The molecule has 1 aromatic carbocycles. The van der Waals surface area contributed by atoms with Crippen molar-refractivity contribution >= 4 is 19.5 Å². The molecule has 33 heavy (non-hydrogen) atoms. The van der Waals surface area contributed by atoms with Crippen LogP contribution in [0.3, 0.4) is 0 Å². The van der Waals surface area contributed by atoms with Gasteiger partial charge in [0.25, 0.3) is 0 Å². The smallest absolute Gasteiger partial charge is 0.416 e. The fourth-order valence-corrected chi connectivity index (χ4v) is 3.55. The van der Waals surface area contributed by atoms with Gasteiger partial charge in [-0.15, -0.1) is 0 Å². The molecule has 0 saturated heterocycles. The van der Waals surface area contributed by atoms with Crippen LogP contribution in [-0.4, -0.2) is 41.6 Å². The van der Waals surface area contributed by atoms with E-state index >= 15 is 0 Å². The van der Waals surface area contributed by atoms with Crippen LogP contribution in [0, 0.1) is 5.82 Å². The first-order valence-electron chi connectivity index (χ1n) is 10.1. The van der Waals surface area contributed by atoms with Crippen molar-refractivity contribution in [1.29, 1.82) is 0 Å². The van der Waals surface area contributed by atoms with E-state index in [1.165, 1.54) is 54.1 Å². The number of hydrogen-bond donors (Lipinski definition) is 0. The highest BCUT2D eigenvalue weighted by Crippen LogP contribution is 2.46. The number of ether oxygens (including phenoxy) is 1. The molecule has 0 atom stereocenters. The highest BCUT2D eigenvalue weighted by Gasteiger charge is 2.25. The molecule has 2 aromatic rings. The number of carbonyl (C=O) groups is 1. The summed E-state index contributed by atoms with van der Waals surface area (Å²) >= 11 is 0. The number of anilines is 1. The molecule has 0 saturated carbocycles. The lowest BCUT2D eigenvalue weighted by Crippen LogP contribution is -2.38. The number of carbonyl (C=O) groups excluding carboxylic acids is 1. The second kappa shape index (κ2) is 11.4. The van der Waals surface area contributed by atoms with Crippen molar-refractivity contribution < 1.29 is 27.5 Å². The summed E-state index contributed by atoms with van der Waals surface area (Å²) in [6, 6.07) is 7.27. The van der Waals surface area contributed by atoms with Crippen molar-refractivity contribution in [2.45, 2.75) is 39.5 Å². The van der Waals surface area contributed by atoms with E-state index in [1.54, 1.807) is 39.0 Å². The molecule has 0 aliphatic carbocycles. The zero-order chi connectivity index (χ0) is 24.6. The molecule has 0 fully saturated rings. The minimum atomic E-state index is -3.18. The predicted octanol–water partition coefficient (Wildman–Crippen LogP) is 4.37. The van der Waals surface area contributed by atoms with Gasteiger partial charge in [0, 0.05) is 27.0 Å². The molecule has 2 rings (SSSR count). The maximum absolute atomic E-state index is 13.6. The van der Waals surface area contributed by atoms with Crippen molar-refractivity contribution in [3.8, 4) is 0 Å². The summed E-state index contributed by atoms with van der Waals surface area (Å²) in [5.41, 5.74) is -0.872. The molecule has 0 aliphatic rings. The Morgan fingerprint density at radius 2 is 1.91 bits per heavy atom. The summed E-state index contributed by atoms with van der Waals surface area (Å²) < 4.78 is 42.1. The molecule has 0 unspecified atom stereocenters. The van der Waals surface area contributed by atoms with Gasteiger partial charge < -0.3 is 13.8 Å². The second-order valence-electron chi connectivity index (χ2n) is 8.05. The first kappa shape index (κ1) is 26.4. The molecule has 0 spiro atoms. The molecule has 11 heteroatoms. The van der Waals surface area contributed by atoms with Crippen LogP contribution >= 0.6 is 7.60 Å². The number of benzene rings is 1. The Morgan fingerprint density at radius 3 is 2.48 bits per heavy atom. The summed E-state index contributed by atoms with van der Waals surface area (Å²) in [5, 5.41) is 0. The van der Waals surface area contributed by atoms with Gasteiger partial charge in [-0.1, -0.05) is 24.3 Å². The number of hydrogen-bond acceptors (Lipinski definition) is 7. The molecule has 180 valence electrons. The highest BCUT2D eigenvalue weighted by atomic mass is 31.2. The van der Waals surface area contributed by atoms with E-state index in [4.69, 9.17) is 13.8 Å². The summed E-state index contributed by atoms with van der Waals surface area (Å²) in [6.45, 7) is 5.28. The average Bonchev–Trinajstić information content (AvgIpc) is 2.74. The van der Waals surface area contributed by atoms with Gasteiger partial charge in [-0.2, -0.15) is 4.98 Å². The summed E-state index contributed by atoms with van der Waals surface area (Å²) in [7, 11) is -0.581. The maximum Gasteiger partial charge on any atom is 0.416 e. The van der Waals surface area contributed by atoms with Gasteiger partial charge in [0.2, 0.25) is 0 Å². The van der Waals surface area contributed by atoms with Crippen molar-refractivity contribution in [3.05, 3.63) is 70.5 Å². The van der Waals surface area contributed by atoms with Crippen LogP contribution < -0.4 is 10.6 Å². The average molecular weight is 481 g/mol. The minimum absolute atomic E-state index is 0.0354. The quantitative estimate of drug-likeness (QED) is 0.387. The first-order chi connectivity index (χ1) is 15.5. The topological polar surface area (TPSA) is 100.0 Å². The third kappa shape index (κ3) is 8.24. The van der Waals surface area contributed by atoms with E-state index in [2.05, 4.69) is 4.98 Å². The zero-order valence-electron chi connectivity index (χ0n) is 19.4. The van der Waals surface area contributed by atoms with E-state index in [9.17, 15) is 18.5 Å². The molecular formula is C22H29FN3O6P. The molecule has 0 N–H and O–H groups in total. The zero-order valence-corrected chi connectivity index (χ0v) is 20.3. The predicted molar refractivity (Wildman–Crippen MR) is 123 cm³/mol. The SMILES string of the molecule is COP(=O)(C/C=C/Cn1ccc(N(Cc2cccc(F)c2)C(=O)OC(C)(C)C)nc1=O)OC. The Hall–Kier alpha value is -2.81. The highest BCUT2D eigenvalue weighted by molar-refractivity contribution is 7.54. The number of nitrogens with zero attached hydrogens (tertiary/aromatic N) is 3. The van der Waals surface area contributed by atoms with Crippen LogP contribution in [0.4, 0.5) is 15.0 Å². The monoisotopic (exact) mass is 481 g/mol. The van der Waals surface area contributed by atoms with Crippen LogP contribution in [-0.2, 0) is 31.4 Å². The van der Waals surface area contributed by atoms with E-state index in [0.717, 1.165) is 0 Å². The molecular weight excluding hydrogens is 452 g/mol. The Kier molecular flexibility index (Phi) is 9.10. The van der Waals surface area contributed by atoms with Crippen molar-refractivity contribution in [2.75, 3.05) is 25.3 Å². The lowest BCUT2D eigenvalue weighted by molar-refractivity contribution is 0.0576. The molecule has 9 nitrogen and oxygen atoms in total. The maximum atomic E-state index is 13.6. The van der Waals surface area contributed by atoms with Gasteiger partial charge in [-0.25, -0.2) is 14.0 Å². The van der Waals surface area contributed by atoms with Crippen LogP contribution in [0.25, 0.3) is 0 Å². The van der Waals surface area contributed by atoms with E-state index in [0.29, 0.717) is 5.56 Å². The van der Waals surface area contributed by atoms with Gasteiger partial charge in [0.15, 0.2) is 0 Å². The third-order valence-corrected chi connectivity index (χ3v) is 6.10. The van der Waals surface area contributed by atoms with Gasteiger partial charge in [0.1, 0.15) is 17.2 Å². The van der Waals surface area contributed by atoms with E-state index in [1.807, 2.05) is 0 Å². The number of allylic oxidation sites excluding steroid dienone is 2. The molecule has 0 aliphatic heterocycles. The number of aromatic nitrogens is 2. The van der Waals surface area contributed by atoms with Crippen molar-refractivity contribution in [3.63, 3.8) is 0 Å². The fourth-order valence-electron chi connectivity index (χ4n) is 2.70. The second-order valence-corrected chi connectivity index (χ2v) is 10.4. The fraction of sp³-hybridized carbons (Fsp3) is 0.409. The first-order valence-corrected chi connectivity index (χ1v) is 11.9. The Morgan fingerprint density at radius 1 is 1.21 bits per heavy atom. The molecule has 1 aromatic heterocycles. The van der Waals surface area contributed by atoms with Gasteiger partial charge in [-0.05, 0) is 44.5 Å². The minimum Gasteiger partial charge on any atom is -0.443 e. The van der Waals surface area contributed by atoms with Crippen molar-refractivity contribution in [1.82, 2.24) is 9.55 Å². The summed E-state index contributed by atoms with van der Waals surface area (Å²) in [5.74, 6) is -0.375. The van der Waals surface area contributed by atoms with Gasteiger partial charge in [0.05, 0.1) is 12.7 Å².